The van der Waals surface area contributed by atoms with Crippen LogP contribution in [0.5, 0.6) is 5.75 Å². The van der Waals surface area contributed by atoms with Crippen LogP contribution in [0.2, 0.25) is 5.02 Å². The second kappa shape index (κ2) is 11.8. The lowest BCUT2D eigenvalue weighted by atomic mass is 9.78. The molecule has 1 aliphatic heterocycles. The molecule has 3 aromatic carbocycles. The minimum atomic E-state index is -4.28. The minimum Gasteiger partial charge on any atom is -0.493 e. The van der Waals surface area contributed by atoms with E-state index in [1.54, 1.807) is 36.2 Å². The summed E-state index contributed by atoms with van der Waals surface area (Å²) >= 11 is 5.97. The standard InChI is InChI=1S/C28H29ClF2N2O4S/c1-32(18-21-6-3-2-4-7-21)27(34)17-28(20-37-24-11-8-22(29)9-12-24)14-5-15-33(19-28)38(35,36)26-13-10-23(30)16-25(26)31/h2-4,6-13,16H,5,14-15,17-20H2,1H3. The van der Waals surface area contributed by atoms with E-state index < -0.39 is 32.0 Å². The Morgan fingerprint density at radius 1 is 1.08 bits per heavy atom. The molecule has 0 spiro atoms. The van der Waals surface area contributed by atoms with E-state index in [1.165, 1.54) is 4.31 Å². The first-order chi connectivity index (χ1) is 18.1. The molecule has 0 bridgehead atoms. The lowest BCUT2D eigenvalue weighted by Gasteiger charge is -2.42. The maximum atomic E-state index is 14.5. The van der Waals surface area contributed by atoms with Crippen LogP contribution in [0.3, 0.4) is 0 Å². The van der Waals surface area contributed by atoms with E-state index in [-0.39, 0.29) is 32.0 Å². The van der Waals surface area contributed by atoms with Gasteiger partial charge in [0.25, 0.3) is 0 Å². The molecule has 0 aliphatic carbocycles. The molecule has 0 saturated carbocycles. The number of piperidine rings is 1. The molecule has 3 aromatic rings. The van der Waals surface area contributed by atoms with Crippen molar-refractivity contribution in [1.29, 1.82) is 0 Å². The molecule has 38 heavy (non-hydrogen) atoms. The number of amides is 1. The molecule has 0 radical (unpaired) electrons. The largest absolute Gasteiger partial charge is 0.493 e. The Balaban J connectivity index is 1.59. The van der Waals surface area contributed by atoms with Crippen LogP contribution in [0.15, 0.2) is 77.7 Å². The lowest BCUT2D eigenvalue weighted by Crippen LogP contribution is -2.50. The van der Waals surface area contributed by atoms with Crippen molar-refractivity contribution >= 4 is 27.5 Å². The van der Waals surface area contributed by atoms with Gasteiger partial charge in [-0.1, -0.05) is 41.9 Å². The number of sulfonamides is 1. The number of rotatable bonds is 9. The smallest absolute Gasteiger partial charge is 0.246 e. The Labute approximate surface area is 226 Å². The van der Waals surface area contributed by atoms with Crippen molar-refractivity contribution in [1.82, 2.24) is 9.21 Å². The number of carbonyl (C=O) groups is 1. The van der Waals surface area contributed by atoms with Gasteiger partial charge in [0.05, 0.1) is 6.61 Å². The van der Waals surface area contributed by atoms with Gasteiger partial charge in [0.2, 0.25) is 15.9 Å². The van der Waals surface area contributed by atoms with Gasteiger partial charge in [-0.3, -0.25) is 4.79 Å². The van der Waals surface area contributed by atoms with Crippen molar-refractivity contribution < 1.29 is 26.7 Å². The van der Waals surface area contributed by atoms with Crippen molar-refractivity contribution in [3.05, 3.63) is 95.0 Å². The van der Waals surface area contributed by atoms with E-state index in [0.717, 1.165) is 17.7 Å². The lowest BCUT2D eigenvalue weighted by molar-refractivity contribution is -0.134. The zero-order valence-electron chi connectivity index (χ0n) is 20.9. The molecule has 1 unspecified atom stereocenters. The average molecular weight is 563 g/mol. The molecule has 0 aromatic heterocycles. The van der Waals surface area contributed by atoms with Gasteiger partial charge < -0.3 is 9.64 Å². The highest BCUT2D eigenvalue weighted by Gasteiger charge is 2.43. The predicted octanol–water partition coefficient (Wildman–Crippen LogP) is 5.52. The minimum absolute atomic E-state index is 0.0296. The fourth-order valence-electron chi connectivity index (χ4n) is 4.67. The number of ether oxygens (including phenoxy) is 1. The third-order valence-corrected chi connectivity index (χ3v) is 8.84. The van der Waals surface area contributed by atoms with E-state index in [2.05, 4.69) is 0 Å². The van der Waals surface area contributed by atoms with Crippen LogP contribution in [0.25, 0.3) is 0 Å². The van der Waals surface area contributed by atoms with Crippen molar-refractivity contribution in [2.75, 3.05) is 26.7 Å². The van der Waals surface area contributed by atoms with Crippen molar-refractivity contribution in [3.63, 3.8) is 0 Å². The Morgan fingerprint density at radius 2 is 1.79 bits per heavy atom. The van der Waals surface area contributed by atoms with E-state index in [0.29, 0.717) is 36.2 Å². The van der Waals surface area contributed by atoms with Gasteiger partial charge >= 0.3 is 0 Å². The molecule has 4 rings (SSSR count). The van der Waals surface area contributed by atoms with Gasteiger partial charge in [-0.25, -0.2) is 17.2 Å². The van der Waals surface area contributed by atoms with Gasteiger partial charge in [0.1, 0.15) is 22.3 Å². The Morgan fingerprint density at radius 3 is 2.47 bits per heavy atom. The highest BCUT2D eigenvalue weighted by molar-refractivity contribution is 7.89. The number of halogens is 3. The monoisotopic (exact) mass is 562 g/mol. The van der Waals surface area contributed by atoms with E-state index >= 15 is 0 Å². The van der Waals surface area contributed by atoms with Gasteiger partial charge in [-0.15, -0.1) is 0 Å². The normalized spacial score (nSPS) is 18.2. The molecule has 1 aliphatic rings. The number of benzene rings is 3. The summed E-state index contributed by atoms with van der Waals surface area (Å²) in [4.78, 5) is 14.4. The summed E-state index contributed by atoms with van der Waals surface area (Å²) in [5, 5.41) is 0.543. The van der Waals surface area contributed by atoms with Gasteiger partial charge in [-0.2, -0.15) is 4.31 Å². The van der Waals surface area contributed by atoms with Gasteiger partial charge in [0, 0.05) is 49.6 Å². The molecule has 0 N–H and O–H groups in total. The Kier molecular flexibility index (Phi) is 8.70. The van der Waals surface area contributed by atoms with Crippen molar-refractivity contribution in [2.24, 2.45) is 5.41 Å². The molecule has 1 fully saturated rings. The fourth-order valence-corrected chi connectivity index (χ4v) is 6.44. The molecule has 6 nitrogen and oxygen atoms in total. The van der Waals surface area contributed by atoms with Crippen molar-refractivity contribution in [3.8, 4) is 5.75 Å². The first-order valence-corrected chi connectivity index (χ1v) is 14.0. The first kappa shape index (κ1) is 28.0. The summed E-state index contributed by atoms with van der Waals surface area (Å²) in [5.74, 6) is -1.65. The number of carbonyl (C=O) groups excluding carboxylic acids is 1. The third kappa shape index (κ3) is 6.70. The Bertz CT molecular complexity index is 1370. The van der Waals surface area contributed by atoms with E-state index in [9.17, 15) is 22.0 Å². The summed E-state index contributed by atoms with van der Waals surface area (Å²) in [7, 11) is -2.58. The molecule has 1 saturated heterocycles. The third-order valence-electron chi connectivity index (χ3n) is 6.71. The summed E-state index contributed by atoms with van der Waals surface area (Å²) in [5.41, 5.74) is 0.0955. The van der Waals surface area contributed by atoms with Gasteiger partial charge in [-0.05, 0) is 54.8 Å². The molecule has 1 amide bonds. The maximum absolute atomic E-state index is 14.5. The summed E-state index contributed by atoms with van der Waals surface area (Å²) < 4.78 is 61.9. The maximum Gasteiger partial charge on any atom is 0.246 e. The molecule has 202 valence electrons. The zero-order valence-corrected chi connectivity index (χ0v) is 22.5. The second-order valence-corrected chi connectivity index (χ2v) is 12.0. The summed E-state index contributed by atoms with van der Waals surface area (Å²) in [6.07, 6.45) is 1.01. The van der Waals surface area contributed by atoms with Crippen LogP contribution in [0, 0.1) is 17.0 Å². The predicted molar refractivity (Wildman–Crippen MR) is 141 cm³/mol. The topological polar surface area (TPSA) is 66.9 Å². The zero-order chi connectivity index (χ0) is 27.3. The molecule has 1 heterocycles. The number of nitrogens with zero attached hydrogens (tertiary/aromatic N) is 2. The second-order valence-electron chi connectivity index (χ2n) is 9.67. The highest BCUT2D eigenvalue weighted by Crippen LogP contribution is 2.38. The van der Waals surface area contributed by atoms with E-state index in [1.807, 2.05) is 30.3 Å². The fraction of sp³-hybridized carbons (Fsp3) is 0.321. The molecular weight excluding hydrogens is 534 g/mol. The van der Waals surface area contributed by atoms with Crippen LogP contribution in [-0.2, 0) is 21.4 Å². The SMILES string of the molecule is CN(Cc1ccccc1)C(=O)CC1(COc2ccc(Cl)cc2)CCCN(S(=O)(=O)c2ccc(F)cc2F)C1. The average Bonchev–Trinajstić information content (AvgIpc) is 2.89. The van der Waals surface area contributed by atoms with Crippen LogP contribution >= 0.6 is 11.6 Å². The number of hydrogen-bond donors (Lipinski definition) is 0. The summed E-state index contributed by atoms with van der Waals surface area (Å²) in [6, 6.07) is 18.7. The first-order valence-electron chi connectivity index (χ1n) is 12.2. The number of hydrogen-bond acceptors (Lipinski definition) is 4. The molecule has 1 atom stereocenters. The van der Waals surface area contributed by atoms with Gasteiger partial charge in [0.15, 0.2) is 0 Å². The Hall–Kier alpha value is -3.01. The molecule has 10 heteroatoms. The quantitative estimate of drug-likeness (QED) is 0.345. The van der Waals surface area contributed by atoms with E-state index in [4.69, 9.17) is 16.3 Å². The van der Waals surface area contributed by atoms with Crippen LogP contribution < -0.4 is 4.74 Å². The molecular formula is C28H29ClF2N2O4S. The van der Waals surface area contributed by atoms with Crippen LogP contribution in [0.1, 0.15) is 24.8 Å². The van der Waals surface area contributed by atoms with Crippen LogP contribution in [-0.4, -0.2) is 50.3 Å². The summed E-state index contributed by atoms with van der Waals surface area (Å²) in [6.45, 7) is 0.564. The van der Waals surface area contributed by atoms with Crippen LogP contribution in [0.4, 0.5) is 8.78 Å². The van der Waals surface area contributed by atoms with Crippen molar-refractivity contribution in [2.45, 2.75) is 30.7 Å². The highest BCUT2D eigenvalue weighted by atomic mass is 35.5.